The number of aryl methyl sites for hydroxylation is 1. The van der Waals surface area contributed by atoms with Crippen LogP contribution in [0.3, 0.4) is 0 Å². The maximum absolute atomic E-state index is 11.7. The highest BCUT2D eigenvalue weighted by atomic mass is 16.2. The van der Waals surface area contributed by atoms with Gasteiger partial charge < -0.3 is 15.1 Å². The van der Waals surface area contributed by atoms with Crippen LogP contribution in [0.15, 0.2) is 24.3 Å². The molecule has 0 saturated carbocycles. The first-order valence-electron chi connectivity index (χ1n) is 6.44. The predicted molar refractivity (Wildman–Crippen MR) is 74.0 cm³/mol. The smallest absolute Gasteiger partial charge is 0.311 e. The zero-order valence-electron chi connectivity index (χ0n) is 11.3. The standard InChI is InChI=1S/C14H19N3O2/c1-11-4-3-5-12(10-11)16-6-8-17(9-7-16)14(19)13(18)15-2/h3-5,10H,6-9H2,1-2H3,(H,15,18). The summed E-state index contributed by atoms with van der Waals surface area (Å²) in [5.41, 5.74) is 2.40. The Balaban J connectivity index is 1.96. The average Bonchev–Trinajstić information content (AvgIpc) is 2.46. The molecule has 2 amide bonds. The monoisotopic (exact) mass is 261 g/mol. The lowest BCUT2D eigenvalue weighted by Crippen LogP contribution is -2.52. The van der Waals surface area contributed by atoms with Gasteiger partial charge in [-0.25, -0.2) is 0 Å². The van der Waals surface area contributed by atoms with Gasteiger partial charge in [0.2, 0.25) is 0 Å². The zero-order chi connectivity index (χ0) is 13.8. The van der Waals surface area contributed by atoms with Crippen molar-refractivity contribution in [3.05, 3.63) is 29.8 Å². The molecule has 1 heterocycles. The number of amides is 2. The molecule has 2 rings (SSSR count). The van der Waals surface area contributed by atoms with Crippen molar-refractivity contribution in [3.63, 3.8) is 0 Å². The first-order chi connectivity index (χ1) is 9.11. The molecule has 1 aliphatic rings. The Labute approximate surface area is 113 Å². The van der Waals surface area contributed by atoms with Gasteiger partial charge in [-0.15, -0.1) is 0 Å². The van der Waals surface area contributed by atoms with Crippen LogP contribution in [0.4, 0.5) is 5.69 Å². The van der Waals surface area contributed by atoms with Crippen molar-refractivity contribution < 1.29 is 9.59 Å². The van der Waals surface area contributed by atoms with Gasteiger partial charge in [0.1, 0.15) is 0 Å². The summed E-state index contributed by atoms with van der Waals surface area (Å²) in [5.74, 6) is -0.976. The van der Waals surface area contributed by atoms with Crippen molar-refractivity contribution >= 4 is 17.5 Å². The summed E-state index contributed by atoms with van der Waals surface area (Å²) in [6.45, 7) is 4.74. The topological polar surface area (TPSA) is 52.7 Å². The highest BCUT2D eigenvalue weighted by molar-refractivity contribution is 6.34. The number of nitrogens with zero attached hydrogens (tertiary/aromatic N) is 2. The van der Waals surface area contributed by atoms with Crippen LogP contribution in [-0.2, 0) is 9.59 Å². The summed E-state index contributed by atoms with van der Waals surface area (Å²) in [6.07, 6.45) is 0. The molecule has 1 saturated heterocycles. The highest BCUT2D eigenvalue weighted by Crippen LogP contribution is 2.17. The molecule has 19 heavy (non-hydrogen) atoms. The van der Waals surface area contributed by atoms with Crippen molar-refractivity contribution in [2.45, 2.75) is 6.92 Å². The first kappa shape index (κ1) is 13.4. The lowest BCUT2D eigenvalue weighted by Gasteiger charge is -2.35. The number of benzene rings is 1. The molecule has 0 spiro atoms. The summed E-state index contributed by atoms with van der Waals surface area (Å²) in [4.78, 5) is 26.9. The number of hydrogen-bond acceptors (Lipinski definition) is 3. The number of nitrogens with one attached hydrogen (secondary N) is 1. The molecule has 102 valence electrons. The maximum atomic E-state index is 11.7. The summed E-state index contributed by atoms with van der Waals surface area (Å²) in [7, 11) is 1.48. The molecule has 0 radical (unpaired) electrons. The highest BCUT2D eigenvalue weighted by Gasteiger charge is 2.25. The minimum Gasteiger partial charge on any atom is -0.368 e. The number of likely N-dealkylation sites (N-methyl/N-ethyl adjacent to an activating group) is 1. The second kappa shape index (κ2) is 5.73. The van der Waals surface area contributed by atoms with E-state index < -0.39 is 11.8 Å². The molecule has 1 aliphatic heterocycles. The Kier molecular flexibility index (Phi) is 4.04. The van der Waals surface area contributed by atoms with Gasteiger partial charge in [-0.05, 0) is 24.6 Å². The van der Waals surface area contributed by atoms with Crippen molar-refractivity contribution in [2.75, 3.05) is 38.1 Å². The molecular formula is C14H19N3O2. The van der Waals surface area contributed by atoms with Crippen LogP contribution in [0.25, 0.3) is 0 Å². The second-order valence-electron chi connectivity index (χ2n) is 4.70. The Morgan fingerprint density at radius 1 is 1.16 bits per heavy atom. The van der Waals surface area contributed by atoms with Crippen LogP contribution in [0.5, 0.6) is 0 Å². The minimum atomic E-state index is -0.538. The van der Waals surface area contributed by atoms with Crippen molar-refractivity contribution in [2.24, 2.45) is 0 Å². The van der Waals surface area contributed by atoms with Crippen molar-refractivity contribution in [1.29, 1.82) is 0 Å². The molecule has 0 aromatic heterocycles. The largest absolute Gasteiger partial charge is 0.368 e. The van der Waals surface area contributed by atoms with E-state index in [1.807, 2.05) is 6.07 Å². The van der Waals surface area contributed by atoms with Crippen LogP contribution in [-0.4, -0.2) is 49.9 Å². The molecular weight excluding hydrogens is 242 g/mol. The molecule has 0 bridgehead atoms. The zero-order valence-corrected chi connectivity index (χ0v) is 11.3. The third kappa shape index (κ3) is 3.05. The Hall–Kier alpha value is -2.04. The van der Waals surface area contributed by atoms with E-state index in [-0.39, 0.29) is 0 Å². The lowest BCUT2D eigenvalue weighted by molar-refractivity contribution is -0.145. The van der Waals surface area contributed by atoms with E-state index in [0.29, 0.717) is 13.1 Å². The van der Waals surface area contributed by atoms with E-state index in [0.717, 1.165) is 13.1 Å². The summed E-state index contributed by atoms with van der Waals surface area (Å²) in [5, 5.41) is 2.37. The van der Waals surface area contributed by atoms with E-state index in [1.165, 1.54) is 18.3 Å². The van der Waals surface area contributed by atoms with Crippen LogP contribution in [0.1, 0.15) is 5.56 Å². The van der Waals surface area contributed by atoms with Gasteiger partial charge in [-0.2, -0.15) is 0 Å². The second-order valence-corrected chi connectivity index (χ2v) is 4.70. The number of piperazine rings is 1. The van der Waals surface area contributed by atoms with E-state index in [4.69, 9.17) is 0 Å². The fourth-order valence-corrected chi connectivity index (χ4v) is 2.24. The lowest BCUT2D eigenvalue weighted by atomic mass is 10.2. The van der Waals surface area contributed by atoms with Crippen molar-refractivity contribution in [3.8, 4) is 0 Å². The number of anilines is 1. The summed E-state index contributed by atoms with van der Waals surface area (Å²) < 4.78 is 0. The SMILES string of the molecule is CNC(=O)C(=O)N1CCN(c2cccc(C)c2)CC1. The van der Waals surface area contributed by atoms with Crippen LogP contribution in [0, 0.1) is 6.92 Å². The van der Waals surface area contributed by atoms with Crippen LogP contribution < -0.4 is 10.2 Å². The van der Waals surface area contributed by atoms with Gasteiger partial charge in [0, 0.05) is 38.9 Å². The average molecular weight is 261 g/mol. The minimum absolute atomic E-state index is 0.439. The van der Waals surface area contributed by atoms with Gasteiger partial charge >= 0.3 is 11.8 Å². The van der Waals surface area contributed by atoms with Crippen LogP contribution in [0.2, 0.25) is 0 Å². The molecule has 1 aromatic rings. The molecule has 5 nitrogen and oxygen atoms in total. The van der Waals surface area contributed by atoms with Gasteiger partial charge in [-0.1, -0.05) is 12.1 Å². The maximum Gasteiger partial charge on any atom is 0.311 e. The molecule has 1 aromatic carbocycles. The molecule has 0 atom stereocenters. The third-order valence-electron chi connectivity index (χ3n) is 3.35. The Bertz CT molecular complexity index is 479. The number of hydrogen-bond donors (Lipinski definition) is 1. The number of carbonyl (C=O) groups is 2. The first-order valence-corrected chi connectivity index (χ1v) is 6.44. The van der Waals surface area contributed by atoms with Gasteiger partial charge in [-0.3, -0.25) is 9.59 Å². The molecule has 0 aliphatic carbocycles. The quantitative estimate of drug-likeness (QED) is 0.744. The van der Waals surface area contributed by atoms with E-state index >= 15 is 0 Å². The van der Waals surface area contributed by atoms with Crippen molar-refractivity contribution in [1.82, 2.24) is 10.2 Å². The Morgan fingerprint density at radius 3 is 2.42 bits per heavy atom. The van der Waals surface area contributed by atoms with Gasteiger partial charge in [0.25, 0.3) is 0 Å². The van der Waals surface area contributed by atoms with E-state index in [1.54, 1.807) is 4.90 Å². The number of carbonyl (C=O) groups excluding carboxylic acids is 2. The predicted octanol–water partition coefficient (Wildman–Crippen LogP) is 0.390. The Morgan fingerprint density at radius 2 is 1.84 bits per heavy atom. The fourth-order valence-electron chi connectivity index (χ4n) is 2.24. The van der Waals surface area contributed by atoms with E-state index in [2.05, 4.69) is 35.3 Å². The molecule has 1 fully saturated rings. The van der Waals surface area contributed by atoms with Gasteiger partial charge in [0.05, 0.1) is 0 Å². The summed E-state index contributed by atoms with van der Waals surface area (Å²) >= 11 is 0. The number of rotatable bonds is 1. The summed E-state index contributed by atoms with van der Waals surface area (Å²) in [6, 6.07) is 8.31. The third-order valence-corrected chi connectivity index (χ3v) is 3.35. The van der Waals surface area contributed by atoms with Crippen LogP contribution >= 0.6 is 0 Å². The molecule has 1 N–H and O–H groups in total. The fraction of sp³-hybridized carbons (Fsp3) is 0.429. The van der Waals surface area contributed by atoms with E-state index in [9.17, 15) is 9.59 Å². The molecule has 5 heteroatoms. The van der Waals surface area contributed by atoms with Gasteiger partial charge in [0.15, 0.2) is 0 Å². The molecule has 0 unspecified atom stereocenters. The normalized spacial score (nSPS) is 15.3.